The molecule has 2 aromatic rings. The number of aryl methyl sites for hydroxylation is 2. The van der Waals surface area contributed by atoms with E-state index in [4.69, 9.17) is 11.0 Å². The summed E-state index contributed by atoms with van der Waals surface area (Å²) >= 11 is 0. The molecule has 19 heavy (non-hydrogen) atoms. The molecule has 0 radical (unpaired) electrons. The van der Waals surface area contributed by atoms with Gasteiger partial charge in [0.15, 0.2) is 5.78 Å². The maximum absolute atomic E-state index is 11.7. The summed E-state index contributed by atoms with van der Waals surface area (Å²) in [6.07, 6.45) is 1.61. The molecule has 1 aromatic carbocycles. The minimum Gasteiger partial charge on any atom is -0.396 e. The van der Waals surface area contributed by atoms with Gasteiger partial charge in [0.2, 0.25) is 0 Å². The van der Waals surface area contributed by atoms with E-state index < -0.39 is 0 Å². The zero-order valence-electron chi connectivity index (χ0n) is 11.2. The Bertz CT molecular complexity index is 705. The number of nitrogen functional groups attached to an aromatic ring is 1. The zero-order valence-corrected chi connectivity index (χ0v) is 11.2. The van der Waals surface area contributed by atoms with E-state index in [9.17, 15) is 4.79 Å². The van der Waals surface area contributed by atoms with Crippen molar-refractivity contribution in [3.63, 3.8) is 0 Å². The van der Waals surface area contributed by atoms with Crippen LogP contribution in [0.3, 0.4) is 0 Å². The van der Waals surface area contributed by atoms with Gasteiger partial charge < -0.3 is 10.3 Å². The second kappa shape index (κ2) is 4.62. The Hall–Kier alpha value is -2.54. The van der Waals surface area contributed by atoms with Crippen molar-refractivity contribution in [1.82, 2.24) is 4.57 Å². The van der Waals surface area contributed by atoms with E-state index in [-0.39, 0.29) is 11.5 Å². The number of hydrogen-bond acceptors (Lipinski definition) is 3. The van der Waals surface area contributed by atoms with E-state index in [0.29, 0.717) is 11.3 Å². The molecule has 0 aliphatic carbocycles. The summed E-state index contributed by atoms with van der Waals surface area (Å²) in [5.41, 5.74) is 9.92. The number of Topliss-reactive ketones (excluding diaryl/α,β-unsaturated/α-hetero) is 1. The molecule has 2 N–H and O–H groups in total. The maximum Gasteiger partial charge on any atom is 0.178 e. The molecule has 4 heteroatoms. The average Bonchev–Trinajstić information content (AvgIpc) is 2.69. The molecule has 96 valence electrons. The first-order valence-electron chi connectivity index (χ1n) is 5.95. The van der Waals surface area contributed by atoms with Crippen molar-refractivity contribution in [2.75, 3.05) is 5.73 Å². The number of carbonyl (C=O) groups is 1. The topological polar surface area (TPSA) is 71.8 Å². The minimum absolute atomic E-state index is 0.155. The van der Waals surface area contributed by atoms with E-state index >= 15 is 0 Å². The van der Waals surface area contributed by atoms with E-state index in [0.717, 1.165) is 11.3 Å². The number of rotatable bonds is 2. The number of hydrogen-bond donors (Lipinski definition) is 1. The number of ketones is 1. The van der Waals surface area contributed by atoms with Gasteiger partial charge >= 0.3 is 0 Å². The zero-order chi connectivity index (χ0) is 14.2. The van der Waals surface area contributed by atoms with Crippen molar-refractivity contribution in [3.8, 4) is 11.8 Å². The van der Waals surface area contributed by atoms with Crippen LogP contribution in [0.5, 0.6) is 0 Å². The highest BCUT2D eigenvalue weighted by Crippen LogP contribution is 2.25. The summed E-state index contributed by atoms with van der Waals surface area (Å²) in [5, 5.41) is 9.03. The van der Waals surface area contributed by atoms with Crippen LogP contribution in [0, 0.1) is 25.2 Å². The Morgan fingerprint density at radius 3 is 2.53 bits per heavy atom. The highest BCUT2D eigenvalue weighted by molar-refractivity contribution is 5.99. The Kier molecular flexibility index (Phi) is 3.14. The second-order valence-corrected chi connectivity index (χ2v) is 4.61. The summed E-state index contributed by atoms with van der Waals surface area (Å²) in [6, 6.07) is 7.88. The van der Waals surface area contributed by atoms with Gasteiger partial charge in [0.1, 0.15) is 11.8 Å². The molecule has 4 nitrogen and oxygen atoms in total. The monoisotopic (exact) mass is 253 g/mol. The highest BCUT2D eigenvalue weighted by Gasteiger charge is 2.18. The van der Waals surface area contributed by atoms with Crippen molar-refractivity contribution >= 4 is 11.5 Å². The minimum atomic E-state index is -0.155. The van der Waals surface area contributed by atoms with Crippen molar-refractivity contribution in [2.45, 2.75) is 20.8 Å². The van der Waals surface area contributed by atoms with Gasteiger partial charge in [-0.15, -0.1) is 0 Å². The standard InChI is InChI=1S/C15H15N3O/c1-9-4-5-13(6-10(9)2)18-8-12(7-16)14(17)15(18)11(3)19/h4-6,8H,17H2,1-3H3. The molecule has 1 aromatic heterocycles. The maximum atomic E-state index is 11.7. The molecule has 0 atom stereocenters. The predicted octanol–water partition coefficient (Wildman–Crippen LogP) is 2.75. The van der Waals surface area contributed by atoms with Crippen LogP contribution in [0.2, 0.25) is 0 Å². The first kappa shape index (κ1) is 12.9. The molecule has 0 aliphatic heterocycles. The lowest BCUT2D eigenvalue weighted by atomic mass is 10.1. The summed E-state index contributed by atoms with van der Waals surface area (Å²) < 4.78 is 1.68. The average molecular weight is 253 g/mol. The smallest absolute Gasteiger partial charge is 0.178 e. The van der Waals surface area contributed by atoms with Gasteiger partial charge in [0.25, 0.3) is 0 Å². The Morgan fingerprint density at radius 1 is 1.32 bits per heavy atom. The summed E-state index contributed by atoms with van der Waals surface area (Å²) in [4.78, 5) is 11.7. The fourth-order valence-corrected chi connectivity index (χ4v) is 2.05. The molecule has 0 fully saturated rings. The molecule has 0 aliphatic rings. The number of benzene rings is 1. The van der Waals surface area contributed by atoms with Gasteiger partial charge in [0.05, 0.1) is 11.3 Å². The molecule has 2 rings (SSSR count). The van der Waals surface area contributed by atoms with Gasteiger partial charge in [-0.1, -0.05) is 6.07 Å². The highest BCUT2D eigenvalue weighted by atomic mass is 16.1. The van der Waals surface area contributed by atoms with Crippen LogP contribution >= 0.6 is 0 Å². The first-order valence-corrected chi connectivity index (χ1v) is 5.95. The van der Waals surface area contributed by atoms with Crippen LogP contribution in [0.1, 0.15) is 34.1 Å². The van der Waals surface area contributed by atoms with E-state index in [1.54, 1.807) is 10.8 Å². The van der Waals surface area contributed by atoms with Gasteiger partial charge in [-0.25, -0.2) is 0 Å². The third-order valence-electron chi connectivity index (χ3n) is 3.27. The Balaban J connectivity index is 2.71. The number of nitrogens with two attached hydrogens (primary N) is 1. The summed E-state index contributed by atoms with van der Waals surface area (Å²) in [7, 11) is 0. The van der Waals surface area contributed by atoms with Crippen LogP contribution in [0.15, 0.2) is 24.4 Å². The van der Waals surface area contributed by atoms with E-state index in [2.05, 4.69) is 0 Å². The van der Waals surface area contributed by atoms with Crippen LogP contribution in [0.4, 0.5) is 5.69 Å². The molecule has 0 bridgehead atoms. The summed E-state index contributed by atoms with van der Waals surface area (Å²) in [5.74, 6) is -0.155. The molecular weight excluding hydrogens is 238 g/mol. The van der Waals surface area contributed by atoms with Crippen molar-refractivity contribution < 1.29 is 4.79 Å². The lowest BCUT2D eigenvalue weighted by Gasteiger charge is -2.09. The van der Waals surface area contributed by atoms with Crippen molar-refractivity contribution in [2.24, 2.45) is 0 Å². The van der Waals surface area contributed by atoms with Crippen LogP contribution < -0.4 is 5.73 Å². The molecule has 0 amide bonds. The van der Waals surface area contributed by atoms with Crippen LogP contribution in [-0.4, -0.2) is 10.4 Å². The molecule has 0 spiro atoms. The molecule has 1 heterocycles. The fraction of sp³-hybridized carbons (Fsp3) is 0.200. The largest absolute Gasteiger partial charge is 0.396 e. The van der Waals surface area contributed by atoms with E-state index in [1.165, 1.54) is 12.5 Å². The van der Waals surface area contributed by atoms with Crippen LogP contribution in [0.25, 0.3) is 5.69 Å². The SMILES string of the molecule is CC(=O)c1c(N)c(C#N)cn1-c1ccc(C)c(C)c1. The third-order valence-corrected chi connectivity index (χ3v) is 3.27. The van der Waals surface area contributed by atoms with Crippen molar-refractivity contribution in [3.05, 3.63) is 46.8 Å². The number of nitrogens with zero attached hydrogens (tertiary/aromatic N) is 2. The number of nitriles is 1. The van der Waals surface area contributed by atoms with Crippen molar-refractivity contribution in [1.29, 1.82) is 5.26 Å². The normalized spacial score (nSPS) is 10.2. The fourth-order valence-electron chi connectivity index (χ4n) is 2.05. The molecule has 0 unspecified atom stereocenters. The summed E-state index contributed by atoms with van der Waals surface area (Å²) in [6.45, 7) is 5.48. The van der Waals surface area contributed by atoms with Gasteiger partial charge in [-0.3, -0.25) is 4.79 Å². The Morgan fingerprint density at radius 2 is 2.00 bits per heavy atom. The third kappa shape index (κ3) is 2.11. The van der Waals surface area contributed by atoms with Gasteiger partial charge in [-0.2, -0.15) is 5.26 Å². The lowest BCUT2D eigenvalue weighted by Crippen LogP contribution is -2.06. The molecule has 0 saturated heterocycles. The first-order chi connectivity index (χ1) is 8.95. The lowest BCUT2D eigenvalue weighted by molar-refractivity contribution is 0.101. The number of aromatic nitrogens is 1. The second-order valence-electron chi connectivity index (χ2n) is 4.61. The quantitative estimate of drug-likeness (QED) is 0.836. The Labute approximate surface area is 112 Å². The molecular formula is C15H15N3O. The van der Waals surface area contributed by atoms with Gasteiger partial charge in [0, 0.05) is 18.8 Å². The number of anilines is 1. The van der Waals surface area contributed by atoms with Gasteiger partial charge in [-0.05, 0) is 37.1 Å². The molecule has 0 saturated carbocycles. The number of carbonyl (C=O) groups excluding carboxylic acids is 1. The van der Waals surface area contributed by atoms with Crippen LogP contribution in [-0.2, 0) is 0 Å². The predicted molar refractivity (Wildman–Crippen MR) is 74.4 cm³/mol. The van der Waals surface area contributed by atoms with E-state index in [1.807, 2.05) is 38.1 Å².